The third kappa shape index (κ3) is 5.69. The highest BCUT2D eigenvalue weighted by Crippen LogP contribution is 2.29. The molecule has 3 aliphatic rings. The first kappa shape index (κ1) is 22.5. The van der Waals surface area contributed by atoms with Gasteiger partial charge in [-0.3, -0.25) is 9.69 Å². The summed E-state index contributed by atoms with van der Waals surface area (Å²) in [5, 5.41) is 7.81. The van der Waals surface area contributed by atoms with Crippen LogP contribution in [0, 0.1) is 5.92 Å². The summed E-state index contributed by atoms with van der Waals surface area (Å²) in [4.78, 5) is 32.8. The van der Waals surface area contributed by atoms with Crippen LogP contribution in [0.3, 0.4) is 0 Å². The van der Waals surface area contributed by atoms with Crippen LogP contribution in [-0.2, 0) is 19.2 Å². The van der Waals surface area contributed by atoms with Gasteiger partial charge in [0.25, 0.3) is 0 Å². The molecule has 3 fully saturated rings. The predicted octanol–water partition coefficient (Wildman–Crippen LogP) is 1.26. The minimum Gasteiger partial charge on any atom is -0.364 e. The van der Waals surface area contributed by atoms with Crippen molar-refractivity contribution in [3.05, 3.63) is 0 Å². The first-order valence-corrected chi connectivity index (χ1v) is 11.4. The Morgan fingerprint density at radius 1 is 1.07 bits per heavy atom. The molecule has 1 unspecified atom stereocenters. The monoisotopic (exact) mass is 410 g/mol. The van der Waals surface area contributed by atoms with Crippen LogP contribution in [-0.4, -0.2) is 79.5 Å². The molecule has 8 nitrogen and oxygen atoms in total. The third-order valence-electron chi connectivity index (χ3n) is 6.60. The zero-order valence-electron chi connectivity index (χ0n) is 18.0. The van der Waals surface area contributed by atoms with Gasteiger partial charge in [-0.05, 0) is 38.8 Å². The molecule has 0 bridgehead atoms. The fraction of sp³-hybridized carbons (Fsp3) is 0.905. The summed E-state index contributed by atoms with van der Waals surface area (Å²) in [6.45, 7) is 9.04. The van der Waals surface area contributed by atoms with Gasteiger partial charge in [0.1, 0.15) is 0 Å². The molecule has 0 spiro atoms. The third-order valence-corrected chi connectivity index (χ3v) is 6.60. The molecular weight excluding hydrogens is 372 g/mol. The predicted molar refractivity (Wildman–Crippen MR) is 110 cm³/mol. The molecule has 1 amide bonds. The first-order chi connectivity index (χ1) is 14.0. The maximum atomic E-state index is 13.2. The molecule has 1 atom stereocenters. The number of hydrogen-bond donors (Lipinski definition) is 2. The second-order valence-corrected chi connectivity index (χ2v) is 8.86. The van der Waals surface area contributed by atoms with Gasteiger partial charge >= 0.3 is 5.97 Å². The molecule has 29 heavy (non-hydrogen) atoms. The molecule has 3 rings (SSSR count). The lowest BCUT2D eigenvalue weighted by atomic mass is 9.95. The minimum atomic E-state index is -1.43. The standard InChI is InChI=1S/C21H38N4O4/c1-17(2)21(23-16-26,28-19-6-4-3-5-7-19)20(27)29-25-14-12-24(13-15-25)18-8-10-22-11-9-18/h16-19,22H,3-15H2,1-2H3,(H,23,26). The Hall–Kier alpha value is -1.22. The van der Waals surface area contributed by atoms with Crippen molar-refractivity contribution in [1.29, 1.82) is 0 Å². The van der Waals surface area contributed by atoms with E-state index in [0.29, 0.717) is 25.5 Å². The molecule has 2 heterocycles. The number of nitrogens with zero attached hydrogens (tertiary/aromatic N) is 2. The maximum absolute atomic E-state index is 13.2. The van der Waals surface area contributed by atoms with E-state index in [2.05, 4.69) is 15.5 Å². The molecule has 166 valence electrons. The number of amides is 1. The lowest BCUT2D eigenvalue weighted by molar-refractivity contribution is -0.239. The van der Waals surface area contributed by atoms with Crippen LogP contribution in [0.15, 0.2) is 0 Å². The number of rotatable bonds is 8. The number of nitrogens with one attached hydrogen (secondary N) is 2. The zero-order chi connectivity index (χ0) is 20.7. The van der Waals surface area contributed by atoms with Crippen molar-refractivity contribution in [3.63, 3.8) is 0 Å². The Kier molecular flexibility index (Phi) is 8.29. The van der Waals surface area contributed by atoms with Gasteiger partial charge < -0.3 is 20.2 Å². The Morgan fingerprint density at radius 3 is 2.31 bits per heavy atom. The molecule has 8 heteroatoms. The first-order valence-electron chi connectivity index (χ1n) is 11.4. The largest absolute Gasteiger partial charge is 0.378 e. The Balaban J connectivity index is 1.58. The number of ether oxygens (including phenoxy) is 1. The molecular formula is C21H38N4O4. The maximum Gasteiger partial charge on any atom is 0.378 e. The fourth-order valence-electron chi connectivity index (χ4n) is 4.73. The summed E-state index contributed by atoms with van der Waals surface area (Å²) in [5.41, 5.74) is -1.43. The highest BCUT2D eigenvalue weighted by molar-refractivity contribution is 5.81. The molecule has 1 aliphatic carbocycles. The van der Waals surface area contributed by atoms with E-state index in [9.17, 15) is 9.59 Å². The Morgan fingerprint density at radius 2 is 1.72 bits per heavy atom. The Bertz CT molecular complexity index is 527. The summed E-state index contributed by atoms with van der Waals surface area (Å²) in [5.74, 6) is -0.751. The number of carbonyl (C=O) groups excluding carboxylic acids is 2. The van der Waals surface area contributed by atoms with Gasteiger partial charge in [-0.1, -0.05) is 33.1 Å². The Labute approximate surface area is 174 Å². The van der Waals surface area contributed by atoms with Gasteiger partial charge in [0.05, 0.1) is 6.10 Å². The highest BCUT2D eigenvalue weighted by atomic mass is 16.7. The van der Waals surface area contributed by atoms with E-state index in [1.807, 2.05) is 13.8 Å². The van der Waals surface area contributed by atoms with Gasteiger partial charge in [0, 0.05) is 38.1 Å². The van der Waals surface area contributed by atoms with E-state index < -0.39 is 11.7 Å². The van der Waals surface area contributed by atoms with Gasteiger partial charge in [0.15, 0.2) is 0 Å². The van der Waals surface area contributed by atoms with Gasteiger partial charge in [-0.15, -0.1) is 5.06 Å². The van der Waals surface area contributed by atoms with Crippen LogP contribution < -0.4 is 10.6 Å². The van der Waals surface area contributed by atoms with E-state index in [1.54, 1.807) is 5.06 Å². The van der Waals surface area contributed by atoms with Gasteiger partial charge in [-0.2, -0.15) is 0 Å². The number of hydroxylamine groups is 2. The van der Waals surface area contributed by atoms with E-state index in [4.69, 9.17) is 9.57 Å². The zero-order valence-corrected chi connectivity index (χ0v) is 18.0. The lowest BCUT2D eigenvalue weighted by Gasteiger charge is -2.42. The van der Waals surface area contributed by atoms with Crippen LogP contribution in [0.2, 0.25) is 0 Å². The molecule has 0 aromatic heterocycles. The van der Waals surface area contributed by atoms with Crippen molar-refractivity contribution >= 4 is 12.4 Å². The highest BCUT2D eigenvalue weighted by Gasteiger charge is 2.47. The molecule has 0 radical (unpaired) electrons. The van der Waals surface area contributed by atoms with Crippen molar-refractivity contribution in [2.75, 3.05) is 39.3 Å². The smallest absolute Gasteiger partial charge is 0.364 e. The molecule has 2 N–H and O–H groups in total. The van der Waals surface area contributed by atoms with Crippen molar-refractivity contribution in [2.24, 2.45) is 5.92 Å². The molecule has 2 saturated heterocycles. The summed E-state index contributed by atoms with van der Waals surface area (Å²) < 4.78 is 6.24. The summed E-state index contributed by atoms with van der Waals surface area (Å²) in [7, 11) is 0. The van der Waals surface area contributed by atoms with E-state index in [-0.39, 0.29) is 12.0 Å². The summed E-state index contributed by atoms with van der Waals surface area (Å²) >= 11 is 0. The van der Waals surface area contributed by atoms with E-state index >= 15 is 0 Å². The van der Waals surface area contributed by atoms with Crippen molar-refractivity contribution < 1.29 is 19.2 Å². The van der Waals surface area contributed by atoms with E-state index in [1.165, 1.54) is 19.3 Å². The number of carbonyl (C=O) groups is 2. The van der Waals surface area contributed by atoms with Crippen molar-refractivity contribution in [3.8, 4) is 0 Å². The normalized spacial score (nSPS) is 25.5. The van der Waals surface area contributed by atoms with Crippen LogP contribution in [0.5, 0.6) is 0 Å². The quantitative estimate of drug-likeness (QED) is 0.460. The van der Waals surface area contributed by atoms with Crippen LogP contribution in [0.4, 0.5) is 0 Å². The average molecular weight is 411 g/mol. The second kappa shape index (κ2) is 10.7. The number of hydrogen-bond acceptors (Lipinski definition) is 7. The number of piperidine rings is 1. The van der Waals surface area contributed by atoms with Crippen molar-refractivity contribution in [2.45, 2.75) is 76.7 Å². The summed E-state index contributed by atoms with van der Waals surface area (Å²) in [6.07, 6.45) is 8.09. The average Bonchev–Trinajstić information content (AvgIpc) is 2.75. The van der Waals surface area contributed by atoms with Gasteiger partial charge in [-0.25, -0.2) is 4.79 Å². The lowest BCUT2D eigenvalue weighted by Crippen LogP contribution is -2.62. The SMILES string of the molecule is CC(C)C(NC=O)(OC1CCCCC1)C(=O)ON1CCN(C2CCNCC2)CC1. The van der Waals surface area contributed by atoms with Crippen molar-refractivity contribution in [1.82, 2.24) is 20.6 Å². The molecule has 0 aromatic rings. The molecule has 1 saturated carbocycles. The van der Waals surface area contributed by atoms with Gasteiger partial charge in [0.2, 0.25) is 12.1 Å². The van der Waals surface area contributed by atoms with Crippen LogP contribution in [0.1, 0.15) is 58.8 Å². The molecule has 2 aliphatic heterocycles. The minimum absolute atomic E-state index is 0.0251. The molecule has 0 aromatic carbocycles. The summed E-state index contributed by atoms with van der Waals surface area (Å²) in [6, 6.07) is 0.621. The van der Waals surface area contributed by atoms with E-state index in [0.717, 1.165) is 51.9 Å². The topological polar surface area (TPSA) is 83.1 Å². The number of piperazine rings is 1. The fourth-order valence-corrected chi connectivity index (χ4v) is 4.73. The second-order valence-electron chi connectivity index (χ2n) is 8.86. The van der Waals surface area contributed by atoms with Crippen LogP contribution in [0.25, 0.3) is 0 Å². The van der Waals surface area contributed by atoms with Crippen LogP contribution >= 0.6 is 0 Å².